The monoisotopic (exact) mass is 403 g/mol. The Morgan fingerprint density at radius 2 is 1.64 bits per heavy atom. The normalized spacial score (nSPS) is 15.3. The predicted molar refractivity (Wildman–Crippen MR) is 105 cm³/mol. The maximum Gasteiger partial charge on any atom is 0.488 e. The highest BCUT2D eigenvalue weighted by atomic mass is 32.2. The van der Waals surface area contributed by atoms with Crippen molar-refractivity contribution < 1.29 is 28.0 Å². The van der Waals surface area contributed by atoms with E-state index >= 15 is 0 Å². The number of amides is 1. The largest absolute Gasteiger partial charge is 0.488 e. The van der Waals surface area contributed by atoms with Crippen LogP contribution in [0.15, 0.2) is 59.5 Å². The molecule has 7 nitrogen and oxygen atoms in total. The summed E-state index contributed by atoms with van der Waals surface area (Å²) in [4.78, 5) is 13.9. The molecule has 1 aliphatic heterocycles. The van der Waals surface area contributed by atoms with Gasteiger partial charge in [0.1, 0.15) is 6.61 Å². The molecule has 1 amide bonds. The molecule has 9 heteroatoms. The van der Waals surface area contributed by atoms with E-state index in [4.69, 9.17) is 14.8 Å². The van der Waals surface area contributed by atoms with Crippen LogP contribution in [0.25, 0.3) is 0 Å². The molecule has 2 N–H and O–H groups in total. The van der Waals surface area contributed by atoms with E-state index in [-0.39, 0.29) is 17.0 Å². The Balaban J connectivity index is 1.55. The summed E-state index contributed by atoms with van der Waals surface area (Å²) in [6.07, 6.45) is 0.210. The van der Waals surface area contributed by atoms with Gasteiger partial charge in [0.05, 0.1) is 10.1 Å². The van der Waals surface area contributed by atoms with E-state index < -0.39 is 28.3 Å². The van der Waals surface area contributed by atoms with Crippen molar-refractivity contribution in [1.29, 1.82) is 0 Å². The summed E-state index contributed by atoms with van der Waals surface area (Å²) < 4.78 is 30.9. The van der Waals surface area contributed by atoms with Crippen molar-refractivity contribution in [2.75, 3.05) is 13.1 Å². The number of nitrogens with zero attached hydrogens (tertiary/aromatic N) is 1. The number of carbonyl (C=O) groups excluding carboxylic acids is 1. The van der Waals surface area contributed by atoms with E-state index in [9.17, 15) is 13.2 Å². The van der Waals surface area contributed by atoms with Gasteiger partial charge in [-0.3, -0.25) is 0 Å². The van der Waals surface area contributed by atoms with E-state index in [2.05, 4.69) is 0 Å². The van der Waals surface area contributed by atoms with Gasteiger partial charge < -0.3 is 19.7 Å². The minimum absolute atomic E-state index is 0.141. The minimum atomic E-state index is -3.55. The van der Waals surface area contributed by atoms with Crippen molar-refractivity contribution in [3.63, 3.8) is 0 Å². The van der Waals surface area contributed by atoms with Gasteiger partial charge >= 0.3 is 13.2 Å². The average molecular weight is 403 g/mol. The molecule has 0 bridgehead atoms. The molecule has 0 spiro atoms. The fourth-order valence-electron chi connectivity index (χ4n) is 3.18. The number of hydrogen-bond acceptors (Lipinski definition) is 6. The van der Waals surface area contributed by atoms with E-state index in [1.165, 1.54) is 29.2 Å². The smallest absolute Gasteiger partial charge is 0.445 e. The quantitative estimate of drug-likeness (QED) is 0.721. The van der Waals surface area contributed by atoms with Gasteiger partial charge in [0, 0.05) is 13.1 Å². The summed E-state index contributed by atoms with van der Waals surface area (Å²) in [5.41, 5.74) is 1.12. The van der Waals surface area contributed by atoms with Gasteiger partial charge in [0.15, 0.2) is 9.84 Å². The van der Waals surface area contributed by atoms with Gasteiger partial charge in [-0.05, 0) is 36.0 Å². The number of likely N-dealkylation sites (tertiary alicyclic amines) is 1. The van der Waals surface area contributed by atoms with Crippen LogP contribution in [0.1, 0.15) is 18.4 Å². The molecule has 0 unspecified atom stereocenters. The van der Waals surface area contributed by atoms with E-state index in [1.54, 1.807) is 0 Å². The lowest BCUT2D eigenvalue weighted by atomic mass is 9.81. The van der Waals surface area contributed by atoms with Crippen LogP contribution in [-0.2, 0) is 21.2 Å². The predicted octanol–water partition coefficient (Wildman–Crippen LogP) is 0.941. The zero-order valence-electron chi connectivity index (χ0n) is 15.3. The maximum absolute atomic E-state index is 12.8. The Labute approximate surface area is 164 Å². The molecule has 2 aromatic carbocycles. The Kier molecular flexibility index (Phi) is 6.38. The summed E-state index contributed by atoms with van der Waals surface area (Å²) in [5, 5.41) is 17.7. The lowest BCUT2D eigenvalue weighted by Gasteiger charge is -2.31. The topological polar surface area (TPSA) is 104 Å². The number of benzene rings is 2. The second-order valence-corrected chi connectivity index (χ2v) is 8.94. The van der Waals surface area contributed by atoms with Crippen molar-refractivity contribution in [2.24, 2.45) is 0 Å². The summed E-state index contributed by atoms with van der Waals surface area (Å²) in [7, 11) is -5.19. The molecule has 1 heterocycles. The first-order chi connectivity index (χ1) is 13.4. The second-order valence-electron chi connectivity index (χ2n) is 6.71. The van der Waals surface area contributed by atoms with Crippen LogP contribution in [0.4, 0.5) is 4.79 Å². The van der Waals surface area contributed by atoms with Crippen LogP contribution in [0.3, 0.4) is 0 Å². The first kappa shape index (κ1) is 20.4. The van der Waals surface area contributed by atoms with Crippen molar-refractivity contribution in [2.45, 2.75) is 29.6 Å². The van der Waals surface area contributed by atoms with Crippen LogP contribution in [-0.4, -0.2) is 54.9 Å². The third-order valence-electron chi connectivity index (χ3n) is 4.85. The molecule has 1 fully saturated rings. The van der Waals surface area contributed by atoms with Crippen LogP contribution >= 0.6 is 0 Å². The van der Waals surface area contributed by atoms with Gasteiger partial charge in [0.2, 0.25) is 0 Å². The van der Waals surface area contributed by atoms with Crippen LogP contribution in [0, 0.1) is 0 Å². The van der Waals surface area contributed by atoms with E-state index in [1.807, 2.05) is 30.3 Å². The standard InChI is InChI=1S/C19H22BNO6S/c22-19(27-14-15-4-2-1-3-5-15)21-12-10-18(11-13-21)28(25,26)17-8-6-16(7-9-17)20(23)24/h1-9,18,23-24H,10-14H2. The van der Waals surface area contributed by atoms with Gasteiger partial charge in [0.25, 0.3) is 0 Å². The molecule has 0 radical (unpaired) electrons. The fraction of sp³-hybridized carbons (Fsp3) is 0.316. The van der Waals surface area contributed by atoms with E-state index in [0.29, 0.717) is 25.9 Å². The zero-order chi connectivity index (χ0) is 20.1. The molecule has 0 atom stereocenters. The maximum atomic E-state index is 12.8. The number of sulfone groups is 1. The van der Waals surface area contributed by atoms with Crippen molar-refractivity contribution >= 4 is 28.5 Å². The van der Waals surface area contributed by atoms with Crippen molar-refractivity contribution in [3.05, 3.63) is 60.2 Å². The Hall–Kier alpha value is -2.36. The molecule has 28 heavy (non-hydrogen) atoms. The minimum Gasteiger partial charge on any atom is -0.445 e. The molecule has 0 aromatic heterocycles. The summed E-state index contributed by atoms with van der Waals surface area (Å²) in [5.74, 6) is 0. The third kappa shape index (κ3) is 4.73. The van der Waals surface area contributed by atoms with E-state index in [0.717, 1.165) is 5.56 Å². The molecule has 0 aliphatic carbocycles. The van der Waals surface area contributed by atoms with Crippen molar-refractivity contribution in [1.82, 2.24) is 4.90 Å². The van der Waals surface area contributed by atoms with Gasteiger partial charge in [-0.1, -0.05) is 42.5 Å². The van der Waals surface area contributed by atoms with Crippen molar-refractivity contribution in [3.8, 4) is 0 Å². The lowest BCUT2D eigenvalue weighted by molar-refractivity contribution is 0.0897. The molecular formula is C19H22BNO6S. The van der Waals surface area contributed by atoms with Crippen LogP contribution in [0.5, 0.6) is 0 Å². The highest BCUT2D eigenvalue weighted by Gasteiger charge is 2.33. The molecular weight excluding hydrogens is 381 g/mol. The molecule has 148 valence electrons. The Bertz CT molecular complexity index is 894. The van der Waals surface area contributed by atoms with Crippen LogP contribution < -0.4 is 5.46 Å². The lowest BCUT2D eigenvalue weighted by Crippen LogP contribution is -2.42. The third-order valence-corrected chi connectivity index (χ3v) is 7.13. The van der Waals surface area contributed by atoms with Gasteiger partial charge in [-0.15, -0.1) is 0 Å². The highest BCUT2D eigenvalue weighted by Crippen LogP contribution is 2.24. The number of ether oxygens (including phenoxy) is 1. The zero-order valence-corrected chi connectivity index (χ0v) is 16.1. The first-order valence-electron chi connectivity index (χ1n) is 9.03. The Morgan fingerprint density at radius 1 is 1.04 bits per heavy atom. The summed E-state index contributed by atoms with van der Waals surface area (Å²) in [6, 6.07) is 14.9. The molecule has 3 rings (SSSR count). The molecule has 0 saturated carbocycles. The average Bonchev–Trinajstić information content (AvgIpc) is 2.73. The van der Waals surface area contributed by atoms with Gasteiger partial charge in [-0.25, -0.2) is 13.2 Å². The first-order valence-corrected chi connectivity index (χ1v) is 10.6. The number of hydrogen-bond donors (Lipinski definition) is 2. The summed E-state index contributed by atoms with van der Waals surface area (Å²) in [6.45, 7) is 0.802. The fourth-order valence-corrected chi connectivity index (χ4v) is 4.91. The number of rotatable bonds is 5. The number of carbonyl (C=O) groups is 1. The summed E-state index contributed by atoms with van der Waals surface area (Å²) >= 11 is 0. The van der Waals surface area contributed by atoms with Gasteiger partial charge in [-0.2, -0.15) is 0 Å². The Morgan fingerprint density at radius 3 is 2.21 bits per heavy atom. The molecule has 1 saturated heterocycles. The number of piperidine rings is 1. The highest BCUT2D eigenvalue weighted by molar-refractivity contribution is 7.92. The molecule has 2 aromatic rings. The van der Waals surface area contributed by atoms with Crippen LogP contribution in [0.2, 0.25) is 0 Å². The molecule has 1 aliphatic rings. The second kappa shape index (κ2) is 8.77. The SMILES string of the molecule is O=C(OCc1ccccc1)N1CCC(S(=O)(=O)c2ccc(B(O)O)cc2)CC1.